The highest BCUT2D eigenvalue weighted by molar-refractivity contribution is 4.85. The molecule has 0 bridgehead atoms. The van der Waals surface area contributed by atoms with Crippen molar-refractivity contribution in [3.8, 4) is 0 Å². The van der Waals surface area contributed by atoms with E-state index in [2.05, 4.69) is 20.4 Å². The molecule has 21 heavy (non-hydrogen) atoms. The van der Waals surface area contributed by atoms with Gasteiger partial charge in [-0.3, -0.25) is 0 Å². The van der Waals surface area contributed by atoms with E-state index in [4.69, 9.17) is 0 Å². The van der Waals surface area contributed by atoms with Gasteiger partial charge in [0.2, 0.25) is 0 Å². The van der Waals surface area contributed by atoms with Crippen molar-refractivity contribution in [3.05, 3.63) is 12.7 Å². The molecule has 1 heteroatoms. The molecule has 0 aliphatic heterocycles. The van der Waals surface area contributed by atoms with Crippen LogP contribution in [-0.4, -0.2) is 10.7 Å². The standard InChI is InChI=1S/C20H40O/c1-6-7-8-9-10-11-12-13-14-15-16-17-18-19(2,3)20(4,5)21/h6,21H,1,7-18H2,2-5H3. The third-order valence-corrected chi connectivity index (χ3v) is 5.12. The molecule has 0 heterocycles. The first-order chi connectivity index (χ1) is 9.81. The Morgan fingerprint density at radius 3 is 1.48 bits per heavy atom. The molecule has 0 saturated carbocycles. The maximum Gasteiger partial charge on any atom is 0.0642 e. The SMILES string of the molecule is C=CCCCCCCCCCCCCC(C)(C)C(C)(C)O. The van der Waals surface area contributed by atoms with Gasteiger partial charge in [0.15, 0.2) is 0 Å². The zero-order chi connectivity index (χ0) is 16.2. The van der Waals surface area contributed by atoms with E-state index in [0.717, 1.165) is 6.42 Å². The maximum absolute atomic E-state index is 10.1. The Morgan fingerprint density at radius 1 is 0.714 bits per heavy atom. The van der Waals surface area contributed by atoms with Crippen LogP contribution in [0.15, 0.2) is 12.7 Å². The molecule has 0 amide bonds. The molecule has 0 fully saturated rings. The summed E-state index contributed by atoms with van der Waals surface area (Å²) in [6.45, 7) is 12.0. The van der Waals surface area contributed by atoms with Crippen molar-refractivity contribution in [1.29, 1.82) is 0 Å². The zero-order valence-corrected chi connectivity index (χ0v) is 15.2. The highest BCUT2D eigenvalue weighted by Gasteiger charge is 2.33. The molecule has 0 aromatic rings. The third-order valence-electron chi connectivity index (χ3n) is 5.12. The number of unbranched alkanes of at least 4 members (excludes halogenated alkanes) is 10. The van der Waals surface area contributed by atoms with E-state index >= 15 is 0 Å². The fourth-order valence-corrected chi connectivity index (χ4v) is 2.58. The van der Waals surface area contributed by atoms with Crippen molar-refractivity contribution in [2.45, 2.75) is 110 Å². The minimum Gasteiger partial charge on any atom is -0.390 e. The van der Waals surface area contributed by atoms with Crippen molar-refractivity contribution in [2.75, 3.05) is 0 Å². The predicted octanol–water partition coefficient (Wildman–Crippen LogP) is 6.65. The maximum atomic E-state index is 10.1. The second-order valence-electron chi connectivity index (χ2n) is 7.81. The van der Waals surface area contributed by atoms with E-state index in [0.29, 0.717) is 0 Å². The van der Waals surface area contributed by atoms with Crippen molar-refractivity contribution in [1.82, 2.24) is 0 Å². The topological polar surface area (TPSA) is 20.2 Å². The monoisotopic (exact) mass is 296 g/mol. The van der Waals surface area contributed by atoms with Gasteiger partial charge in [0.05, 0.1) is 5.60 Å². The normalized spacial score (nSPS) is 12.6. The first kappa shape index (κ1) is 20.7. The summed E-state index contributed by atoms with van der Waals surface area (Å²) in [6, 6.07) is 0. The average Bonchev–Trinajstić information content (AvgIpc) is 2.38. The lowest BCUT2D eigenvalue weighted by Gasteiger charge is -2.37. The molecule has 0 aromatic heterocycles. The number of rotatable bonds is 14. The van der Waals surface area contributed by atoms with E-state index in [9.17, 15) is 5.11 Å². The Bertz CT molecular complexity index is 247. The third kappa shape index (κ3) is 11.0. The summed E-state index contributed by atoms with van der Waals surface area (Å²) < 4.78 is 0. The van der Waals surface area contributed by atoms with Crippen LogP contribution in [0.5, 0.6) is 0 Å². The van der Waals surface area contributed by atoms with Gasteiger partial charge >= 0.3 is 0 Å². The van der Waals surface area contributed by atoms with Crippen LogP contribution in [-0.2, 0) is 0 Å². The molecule has 1 N–H and O–H groups in total. The van der Waals surface area contributed by atoms with E-state index < -0.39 is 5.60 Å². The van der Waals surface area contributed by atoms with Crippen molar-refractivity contribution < 1.29 is 5.11 Å². The Hall–Kier alpha value is -0.300. The van der Waals surface area contributed by atoms with Gasteiger partial charge in [0.25, 0.3) is 0 Å². The molecular weight excluding hydrogens is 256 g/mol. The zero-order valence-electron chi connectivity index (χ0n) is 15.2. The molecule has 0 spiro atoms. The number of hydrogen-bond donors (Lipinski definition) is 1. The van der Waals surface area contributed by atoms with Crippen LogP contribution < -0.4 is 0 Å². The first-order valence-electron chi connectivity index (χ1n) is 9.14. The van der Waals surface area contributed by atoms with E-state index in [1.165, 1.54) is 70.6 Å². The minimum absolute atomic E-state index is 0.0262. The highest BCUT2D eigenvalue weighted by Crippen LogP contribution is 2.35. The predicted molar refractivity (Wildman–Crippen MR) is 95.7 cm³/mol. The van der Waals surface area contributed by atoms with Crippen LogP contribution in [0.3, 0.4) is 0 Å². The lowest BCUT2D eigenvalue weighted by atomic mass is 9.73. The van der Waals surface area contributed by atoms with Gasteiger partial charge in [0.1, 0.15) is 0 Å². The fraction of sp³-hybridized carbons (Fsp3) is 0.900. The Kier molecular flexibility index (Phi) is 11.1. The summed E-state index contributed by atoms with van der Waals surface area (Å²) in [5.41, 5.74) is -0.545. The van der Waals surface area contributed by atoms with Gasteiger partial charge < -0.3 is 5.11 Å². The molecule has 0 atom stereocenters. The number of hydrogen-bond acceptors (Lipinski definition) is 1. The second-order valence-corrected chi connectivity index (χ2v) is 7.81. The fourth-order valence-electron chi connectivity index (χ4n) is 2.58. The van der Waals surface area contributed by atoms with Crippen LogP contribution in [0.1, 0.15) is 105 Å². The van der Waals surface area contributed by atoms with Gasteiger partial charge in [-0.05, 0) is 38.5 Å². The van der Waals surface area contributed by atoms with E-state index in [-0.39, 0.29) is 5.41 Å². The largest absolute Gasteiger partial charge is 0.390 e. The van der Waals surface area contributed by atoms with Crippen LogP contribution in [0, 0.1) is 5.41 Å². The number of allylic oxidation sites excluding steroid dienone is 1. The molecule has 0 aliphatic rings. The summed E-state index contributed by atoms with van der Waals surface area (Å²) in [5, 5.41) is 10.1. The van der Waals surface area contributed by atoms with Gasteiger partial charge in [-0.1, -0.05) is 77.7 Å². The lowest BCUT2D eigenvalue weighted by Crippen LogP contribution is -2.38. The molecule has 0 aliphatic carbocycles. The molecule has 0 aromatic carbocycles. The van der Waals surface area contributed by atoms with Crippen molar-refractivity contribution in [2.24, 2.45) is 5.41 Å². The van der Waals surface area contributed by atoms with Crippen LogP contribution in [0.25, 0.3) is 0 Å². The van der Waals surface area contributed by atoms with E-state index in [1.807, 2.05) is 19.9 Å². The smallest absolute Gasteiger partial charge is 0.0642 e. The Labute approximate surface area is 134 Å². The van der Waals surface area contributed by atoms with Gasteiger partial charge in [0, 0.05) is 0 Å². The molecule has 0 radical (unpaired) electrons. The quantitative estimate of drug-likeness (QED) is 0.281. The van der Waals surface area contributed by atoms with Gasteiger partial charge in [-0.2, -0.15) is 0 Å². The molecule has 126 valence electrons. The van der Waals surface area contributed by atoms with Crippen molar-refractivity contribution in [3.63, 3.8) is 0 Å². The minimum atomic E-state index is -0.571. The van der Waals surface area contributed by atoms with E-state index in [1.54, 1.807) is 0 Å². The van der Waals surface area contributed by atoms with Crippen LogP contribution in [0.2, 0.25) is 0 Å². The second kappa shape index (κ2) is 11.3. The summed E-state index contributed by atoms with van der Waals surface area (Å²) in [4.78, 5) is 0. The molecule has 0 saturated heterocycles. The van der Waals surface area contributed by atoms with Gasteiger partial charge in [-0.15, -0.1) is 6.58 Å². The summed E-state index contributed by atoms with van der Waals surface area (Å²) in [6.07, 6.45) is 17.9. The summed E-state index contributed by atoms with van der Waals surface area (Å²) in [7, 11) is 0. The number of aliphatic hydroxyl groups is 1. The molecule has 0 rings (SSSR count). The Morgan fingerprint density at radius 2 is 1.10 bits per heavy atom. The average molecular weight is 297 g/mol. The summed E-state index contributed by atoms with van der Waals surface area (Å²) in [5.74, 6) is 0. The van der Waals surface area contributed by atoms with Gasteiger partial charge in [-0.25, -0.2) is 0 Å². The van der Waals surface area contributed by atoms with Crippen molar-refractivity contribution >= 4 is 0 Å². The molecular formula is C20H40O. The Balaban J connectivity index is 3.32. The summed E-state index contributed by atoms with van der Waals surface area (Å²) >= 11 is 0. The first-order valence-corrected chi connectivity index (χ1v) is 9.14. The van der Waals surface area contributed by atoms with Crippen LogP contribution in [0.4, 0.5) is 0 Å². The lowest BCUT2D eigenvalue weighted by molar-refractivity contribution is -0.0405. The van der Waals surface area contributed by atoms with Crippen LogP contribution >= 0.6 is 0 Å². The molecule has 0 unspecified atom stereocenters. The molecule has 1 nitrogen and oxygen atoms in total. The highest BCUT2D eigenvalue weighted by atomic mass is 16.3.